The van der Waals surface area contributed by atoms with E-state index in [4.69, 9.17) is 12.2 Å². The summed E-state index contributed by atoms with van der Waals surface area (Å²) in [6.07, 6.45) is 1.04. The van der Waals surface area contributed by atoms with E-state index in [-0.39, 0.29) is 15.5 Å². The predicted molar refractivity (Wildman–Crippen MR) is 85.5 cm³/mol. The molecule has 2 aromatic carbocycles. The number of hydrogen-bond acceptors (Lipinski definition) is 4. The summed E-state index contributed by atoms with van der Waals surface area (Å²) >= 11 is 8.26. The molecule has 0 spiro atoms. The highest BCUT2D eigenvalue weighted by atomic mass is 79.9. The second kappa shape index (κ2) is 4.97. The molecule has 0 unspecified atom stereocenters. The van der Waals surface area contributed by atoms with Gasteiger partial charge in [0, 0.05) is 4.47 Å². The number of H-pyrrole nitrogens is 1. The molecule has 1 heterocycles. The maximum atomic E-state index is 12.7. The fraction of sp³-hybridized carbons (Fsp3) is 0. The first-order valence-corrected chi connectivity index (χ1v) is 8.49. The molecular formula is C13H9BrN2O3S2. The van der Waals surface area contributed by atoms with Gasteiger partial charge in [-0.25, -0.2) is 12.4 Å². The van der Waals surface area contributed by atoms with Gasteiger partial charge in [0.2, 0.25) is 5.88 Å². The normalized spacial score (nSPS) is 11.9. The SMILES string of the molecule is O=S(=O)(c1ccc2ccccc2c1Br)n1cc(O)[nH]c1=S. The first kappa shape index (κ1) is 14.3. The Kier molecular flexibility index (Phi) is 3.39. The summed E-state index contributed by atoms with van der Waals surface area (Å²) < 4.78 is 26.5. The third-order valence-corrected chi connectivity index (χ3v) is 6.27. The number of nitrogens with zero attached hydrogens (tertiary/aromatic N) is 1. The van der Waals surface area contributed by atoms with Gasteiger partial charge >= 0.3 is 0 Å². The van der Waals surface area contributed by atoms with Crippen LogP contribution in [0.3, 0.4) is 0 Å². The number of fused-ring (bicyclic) bond motifs is 1. The molecule has 2 N–H and O–H groups in total. The number of halogens is 1. The van der Waals surface area contributed by atoms with Gasteiger partial charge in [-0.1, -0.05) is 30.3 Å². The summed E-state index contributed by atoms with van der Waals surface area (Å²) in [4.78, 5) is 2.46. The van der Waals surface area contributed by atoms with Crippen LogP contribution in [-0.2, 0) is 10.0 Å². The third kappa shape index (κ3) is 2.29. The lowest BCUT2D eigenvalue weighted by Gasteiger charge is -2.09. The molecule has 0 amide bonds. The van der Waals surface area contributed by atoms with Crippen molar-refractivity contribution < 1.29 is 13.5 Å². The Morgan fingerprint density at radius 2 is 1.90 bits per heavy atom. The molecule has 3 rings (SSSR count). The van der Waals surface area contributed by atoms with E-state index in [9.17, 15) is 13.5 Å². The lowest BCUT2D eigenvalue weighted by molar-refractivity contribution is 0.456. The maximum absolute atomic E-state index is 12.7. The van der Waals surface area contributed by atoms with E-state index in [0.717, 1.165) is 20.9 Å². The van der Waals surface area contributed by atoms with Crippen LogP contribution in [0, 0.1) is 4.77 Å². The van der Waals surface area contributed by atoms with E-state index in [1.165, 1.54) is 6.07 Å². The average molecular weight is 385 g/mol. The van der Waals surface area contributed by atoms with Gasteiger partial charge in [0.05, 0.1) is 6.20 Å². The zero-order valence-corrected chi connectivity index (χ0v) is 13.7. The Balaban J connectivity index is 2.32. The largest absolute Gasteiger partial charge is 0.493 e. The van der Waals surface area contributed by atoms with Crippen molar-refractivity contribution in [1.82, 2.24) is 8.96 Å². The van der Waals surface area contributed by atoms with E-state index in [1.54, 1.807) is 6.07 Å². The Morgan fingerprint density at radius 3 is 2.57 bits per heavy atom. The standard InChI is InChI=1S/C13H9BrN2O3S2/c14-12-9-4-2-1-3-8(9)5-6-10(12)21(18,19)16-7-11(17)15-13(16)20/h1-7,17H,(H,15,20). The van der Waals surface area contributed by atoms with E-state index >= 15 is 0 Å². The van der Waals surface area contributed by atoms with Crippen molar-refractivity contribution in [2.75, 3.05) is 0 Å². The van der Waals surface area contributed by atoms with Crippen LogP contribution in [0.2, 0.25) is 0 Å². The number of nitrogens with one attached hydrogen (secondary N) is 1. The highest BCUT2D eigenvalue weighted by molar-refractivity contribution is 9.10. The Morgan fingerprint density at radius 1 is 1.19 bits per heavy atom. The average Bonchev–Trinajstić information content (AvgIpc) is 2.79. The van der Waals surface area contributed by atoms with Crippen molar-refractivity contribution in [3.8, 4) is 5.88 Å². The highest BCUT2D eigenvalue weighted by Gasteiger charge is 2.22. The molecule has 0 radical (unpaired) electrons. The number of rotatable bonds is 2. The van der Waals surface area contributed by atoms with E-state index in [1.807, 2.05) is 24.3 Å². The van der Waals surface area contributed by atoms with Crippen LogP contribution in [0.5, 0.6) is 5.88 Å². The van der Waals surface area contributed by atoms with Crippen LogP contribution in [0.4, 0.5) is 0 Å². The molecule has 21 heavy (non-hydrogen) atoms. The number of aromatic nitrogens is 2. The number of imidazole rings is 1. The quantitative estimate of drug-likeness (QED) is 0.663. The zero-order valence-electron chi connectivity index (χ0n) is 10.4. The molecule has 3 aromatic rings. The summed E-state index contributed by atoms with van der Waals surface area (Å²) in [5.74, 6) is -0.305. The van der Waals surface area contributed by atoms with Crippen LogP contribution in [0.25, 0.3) is 10.8 Å². The first-order chi connectivity index (χ1) is 9.91. The molecule has 108 valence electrons. The number of aromatic amines is 1. The van der Waals surface area contributed by atoms with Crippen LogP contribution >= 0.6 is 28.1 Å². The van der Waals surface area contributed by atoms with Crippen molar-refractivity contribution in [2.24, 2.45) is 0 Å². The van der Waals surface area contributed by atoms with Gasteiger partial charge in [-0.3, -0.25) is 0 Å². The summed E-state index contributed by atoms with van der Waals surface area (Å²) in [6.45, 7) is 0. The lowest BCUT2D eigenvalue weighted by Crippen LogP contribution is -2.12. The van der Waals surface area contributed by atoms with E-state index in [0.29, 0.717) is 4.47 Å². The Hall–Kier alpha value is -1.64. The van der Waals surface area contributed by atoms with Gasteiger partial charge in [0.1, 0.15) is 4.90 Å². The summed E-state index contributed by atoms with van der Waals surface area (Å²) in [5.41, 5.74) is 0. The van der Waals surface area contributed by atoms with Crippen molar-refractivity contribution in [2.45, 2.75) is 4.90 Å². The molecule has 0 atom stereocenters. The molecule has 0 aliphatic heterocycles. The first-order valence-electron chi connectivity index (χ1n) is 5.85. The number of aromatic hydroxyl groups is 1. The maximum Gasteiger partial charge on any atom is 0.271 e. The minimum atomic E-state index is -3.90. The minimum Gasteiger partial charge on any atom is -0.493 e. The molecule has 0 fully saturated rings. The molecule has 0 bridgehead atoms. The zero-order chi connectivity index (χ0) is 15.2. The predicted octanol–water partition coefficient (Wildman–Crippen LogP) is 3.40. The lowest BCUT2D eigenvalue weighted by atomic mass is 10.1. The van der Waals surface area contributed by atoms with Gasteiger partial charge < -0.3 is 10.1 Å². The Bertz CT molecular complexity index is 1010. The summed E-state index contributed by atoms with van der Waals surface area (Å²) in [6, 6.07) is 10.7. The summed E-state index contributed by atoms with van der Waals surface area (Å²) in [7, 11) is -3.90. The van der Waals surface area contributed by atoms with Gasteiger partial charge in [-0.15, -0.1) is 0 Å². The monoisotopic (exact) mass is 384 g/mol. The van der Waals surface area contributed by atoms with Gasteiger partial charge in [0.25, 0.3) is 10.0 Å². The molecular weight excluding hydrogens is 376 g/mol. The molecule has 0 aliphatic carbocycles. The fourth-order valence-corrected chi connectivity index (χ4v) is 4.91. The fourth-order valence-electron chi connectivity index (χ4n) is 2.06. The number of benzene rings is 2. The van der Waals surface area contributed by atoms with Crippen molar-refractivity contribution in [3.05, 3.63) is 51.8 Å². The van der Waals surface area contributed by atoms with Crippen LogP contribution in [-0.4, -0.2) is 22.5 Å². The smallest absolute Gasteiger partial charge is 0.271 e. The molecule has 1 aromatic heterocycles. The molecule has 0 aliphatic rings. The van der Waals surface area contributed by atoms with Crippen LogP contribution < -0.4 is 0 Å². The Labute approximate surface area is 134 Å². The molecule has 5 nitrogen and oxygen atoms in total. The van der Waals surface area contributed by atoms with Crippen LogP contribution in [0.1, 0.15) is 0 Å². The second-order valence-corrected chi connectivity index (χ2v) is 7.31. The number of hydrogen-bond donors (Lipinski definition) is 2. The highest BCUT2D eigenvalue weighted by Crippen LogP contribution is 2.32. The van der Waals surface area contributed by atoms with Crippen molar-refractivity contribution in [3.63, 3.8) is 0 Å². The van der Waals surface area contributed by atoms with E-state index in [2.05, 4.69) is 20.9 Å². The van der Waals surface area contributed by atoms with Crippen LogP contribution in [0.15, 0.2) is 52.0 Å². The van der Waals surface area contributed by atoms with Crippen molar-refractivity contribution in [1.29, 1.82) is 0 Å². The van der Waals surface area contributed by atoms with Gasteiger partial charge in [0.15, 0.2) is 4.77 Å². The molecule has 8 heteroatoms. The minimum absolute atomic E-state index is 0.0799. The molecule has 0 saturated heterocycles. The summed E-state index contributed by atoms with van der Waals surface area (Å²) in [5, 5.41) is 11.1. The second-order valence-electron chi connectivity index (χ2n) is 4.34. The van der Waals surface area contributed by atoms with E-state index < -0.39 is 10.0 Å². The molecule has 0 saturated carbocycles. The van der Waals surface area contributed by atoms with Crippen molar-refractivity contribution >= 4 is 48.9 Å². The topological polar surface area (TPSA) is 75.1 Å². The van der Waals surface area contributed by atoms with Gasteiger partial charge in [-0.2, -0.15) is 0 Å². The third-order valence-electron chi connectivity index (χ3n) is 3.04. The van der Waals surface area contributed by atoms with Gasteiger partial charge in [-0.05, 0) is 45.0 Å².